The topological polar surface area (TPSA) is 81.8 Å². The Kier molecular flexibility index (Phi) is 9.15. The molecule has 4 amide bonds. The molecule has 0 bridgehead atoms. The smallest absolute Gasteiger partial charge is 0.317 e. The predicted octanol–water partition coefficient (Wildman–Crippen LogP) is 2.87. The highest BCUT2D eigenvalue weighted by Crippen LogP contribution is 2.16. The van der Waals surface area contributed by atoms with E-state index in [1.807, 2.05) is 26.8 Å². The molecule has 1 fully saturated rings. The fourth-order valence-electron chi connectivity index (χ4n) is 3.63. The fourth-order valence-corrected chi connectivity index (χ4v) is 3.63. The van der Waals surface area contributed by atoms with Crippen molar-refractivity contribution in [1.29, 1.82) is 0 Å². The summed E-state index contributed by atoms with van der Waals surface area (Å²) in [4.78, 5) is 41.9. The first-order chi connectivity index (χ1) is 14.4. The van der Waals surface area contributed by atoms with Crippen molar-refractivity contribution in [2.45, 2.75) is 59.0 Å². The Morgan fingerprint density at radius 2 is 1.83 bits per heavy atom. The van der Waals surface area contributed by atoms with E-state index in [0.717, 1.165) is 19.3 Å². The first kappa shape index (κ1) is 23.7. The lowest BCUT2D eigenvalue weighted by Gasteiger charge is -2.41. The van der Waals surface area contributed by atoms with Crippen molar-refractivity contribution in [2.75, 3.05) is 26.2 Å². The summed E-state index contributed by atoms with van der Waals surface area (Å²) in [5.41, 5.74) is 0.542. The van der Waals surface area contributed by atoms with Gasteiger partial charge in [0.25, 0.3) is 5.91 Å². The zero-order valence-corrected chi connectivity index (χ0v) is 18.7. The van der Waals surface area contributed by atoms with Gasteiger partial charge in [-0.05, 0) is 31.4 Å². The number of carbonyl (C=O) groups excluding carboxylic acids is 3. The first-order valence-electron chi connectivity index (χ1n) is 11.1. The number of rotatable bonds is 8. The number of benzene rings is 1. The van der Waals surface area contributed by atoms with Crippen molar-refractivity contribution < 1.29 is 14.4 Å². The summed E-state index contributed by atoms with van der Waals surface area (Å²) in [5, 5.41) is 5.89. The summed E-state index contributed by atoms with van der Waals surface area (Å²) in [6.07, 6.45) is 2.76. The zero-order valence-electron chi connectivity index (χ0n) is 18.7. The molecule has 0 spiro atoms. The van der Waals surface area contributed by atoms with Gasteiger partial charge < -0.3 is 20.4 Å². The highest BCUT2D eigenvalue weighted by molar-refractivity contribution is 5.97. The Morgan fingerprint density at radius 3 is 2.43 bits per heavy atom. The average Bonchev–Trinajstić information content (AvgIpc) is 2.76. The molecule has 1 aromatic rings. The Morgan fingerprint density at radius 1 is 1.13 bits per heavy atom. The van der Waals surface area contributed by atoms with Crippen LogP contribution in [0.1, 0.15) is 57.3 Å². The van der Waals surface area contributed by atoms with Crippen LogP contribution < -0.4 is 10.6 Å². The van der Waals surface area contributed by atoms with Gasteiger partial charge in [0.2, 0.25) is 5.91 Å². The molecule has 3 atom stereocenters. The normalized spacial score (nSPS) is 18.5. The number of unbranched alkanes of at least 4 members (excludes halogenated alkanes) is 1. The maximum absolute atomic E-state index is 13.3. The van der Waals surface area contributed by atoms with Crippen LogP contribution in [-0.4, -0.2) is 65.9 Å². The van der Waals surface area contributed by atoms with E-state index in [-0.39, 0.29) is 29.8 Å². The third kappa shape index (κ3) is 6.21. The molecule has 166 valence electrons. The monoisotopic (exact) mass is 416 g/mol. The molecule has 1 aromatic carbocycles. The molecule has 1 heterocycles. The van der Waals surface area contributed by atoms with E-state index in [4.69, 9.17) is 0 Å². The van der Waals surface area contributed by atoms with E-state index in [1.165, 1.54) is 0 Å². The number of nitrogens with zero attached hydrogens (tertiary/aromatic N) is 2. The van der Waals surface area contributed by atoms with Gasteiger partial charge in [0.1, 0.15) is 6.04 Å². The van der Waals surface area contributed by atoms with Gasteiger partial charge in [0, 0.05) is 37.8 Å². The van der Waals surface area contributed by atoms with Crippen LogP contribution in [0.5, 0.6) is 0 Å². The second-order valence-electron chi connectivity index (χ2n) is 8.11. The van der Waals surface area contributed by atoms with E-state index in [1.54, 1.807) is 34.1 Å². The molecule has 0 unspecified atom stereocenters. The van der Waals surface area contributed by atoms with Crippen molar-refractivity contribution >= 4 is 17.8 Å². The predicted molar refractivity (Wildman–Crippen MR) is 118 cm³/mol. The molecule has 0 radical (unpaired) electrons. The van der Waals surface area contributed by atoms with Crippen molar-refractivity contribution in [2.24, 2.45) is 5.92 Å². The summed E-state index contributed by atoms with van der Waals surface area (Å²) < 4.78 is 0. The second-order valence-corrected chi connectivity index (χ2v) is 8.11. The molecule has 2 rings (SSSR count). The van der Waals surface area contributed by atoms with Crippen LogP contribution in [0.3, 0.4) is 0 Å². The van der Waals surface area contributed by atoms with Gasteiger partial charge in [-0.1, -0.05) is 51.8 Å². The Labute approximate surface area is 180 Å². The largest absolute Gasteiger partial charge is 0.340 e. The van der Waals surface area contributed by atoms with Gasteiger partial charge in [-0.15, -0.1) is 0 Å². The maximum Gasteiger partial charge on any atom is 0.317 e. The molecule has 2 N–H and O–H groups in total. The Hall–Kier alpha value is -2.57. The van der Waals surface area contributed by atoms with Crippen LogP contribution in [0.2, 0.25) is 0 Å². The van der Waals surface area contributed by atoms with E-state index in [0.29, 0.717) is 31.7 Å². The lowest BCUT2D eigenvalue weighted by molar-refractivity contribution is -0.136. The lowest BCUT2D eigenvalue weighted by atomic mass is 9.96. The molecule has 7 heteroatoms. The molecule has 0 aromatic heterocycles. The SMILES string of the molecule is CCCCNC(=O)N1CCN(C(=O)[C@H](NC(=O)c2ccccc2)[C@@H](C)CC)C[C@@H]1C. The number of piperazine rings is 1. The standard InChI is InChI=1S/C23H36N4O3/c1-5-7-13-24-23(30)27-15-14-26(16-18(27)4)22(29)20(17(3)6-2)25-21(28)19-11-9-8-10-12-19/h8-12,17-18,20H,5-7,13-16H2,1-4H3,(H,24,30)(H,25,28)/t17-,18-,20+/m0/s1. The van der Waals surface area contributed by atoms with Gasteiger partial charge in [0.15, 0.2) is 0 Å². The quantitative estimate of drug-likeness (QED) is 0.640. The number of hydrogen-bond donors (Lipinski definition) is 2. The third-order valence-corrected chi connectivity index (χ3v) is 5.81. The summed E-state index contributed by atoms with van der Waals surface area (Å²) in [7, 11) is 0. The Bertz CT molecular complexity index is 710. The molecule has 1 aliphatic heterocycles. The number of hydrogen-bond acceptors (Lipinski definition) is 3. The van der Waals surface area contributed by atoms with E-state index in [2.05, 4.69) is 17.6 Å². The molecule has 7 nitrogen and oxygen atoms in total. The zero-order chi connectivity index (χ0) is 22.1. The molecule has 0 saturated carbocycles. The van der Waals surface area contributed by atoms with Crippen molar-refractivity contribution in [3.63, 3.8) is 0 Å². The van der Waals surface area contributed by atoms with Crippen molar-refractivity contribution in [3.8, 4) is 0 Å². The van der Waals surface area contributed by atoms with Crippen LogP contribution in [0, 0.1) is 5.92 Å². The molecule has 1 saturated heterocycles. The average molecular weight is 417 g/mol. The minimum absolute atomic E-state index is 0.0100. The van der Waals surface area contributed by atoms with Crippen LogP contribution in [0.4, 0.5) is 4.79 Å². The maximum atomic E-state index is 13.3. The van der Waals surface area contributed by atoms with E-state index >= 15 is 0 Å². The van der Waals surface area contributed by atoms with Gasteiger partial charge in [-0.2, -0.15) is 0 Å². The van der Waals surface area contributed by atoms with Crippen molar-refractivity contribution in [3.05, 3.63) is 35.9 Å². The summed E-state index contributed by atoms with van der Waals surface area (Å²) in [5.74, 6) is -0.307. The van der Waals surface area contributed by atoms with Gasteiger partial charge in [-0.25, -0.2) is 4.79 Å². The van der Waals surface area contributed by atoms with Crippen LogP contribution >= 0.6 is 0 Å². The Balaban J connectivity index is 2.01. The van der Waals surface area contributed by atoms with E-state index < -0.39 is 6.04 Å². The number of carbonyl (C=O) groups is 3. The third-order valence-electron chi connectivity index (χ3n) is 5.81. The lowest BCUT2D eigenvalue weighted by Crippen LogP contribution is -2.61. The van der Waals surface area contributed by atoms with Crippen molar-refractivity contribution in [1.82, 2.24) is 20.4 Å². The molecule has 30 heavy (non-hydrogen) atoms. The highest BCUT2D eigenvalue weighted by atomic mass is 16.2. The summed E-state index contributed by atoms with van der Waals surface area (Å²) in [6, 6.07) is 8.22. The molecular formula is C23H36N4O3. The number of amides is 4. The van der Waals surface area contributed by atoms with Crippen LogP contribution in [0.15, 0.2) is 30.3 Å². The second kappa shape index (κ2) is 11.6. The van der Waals surface area contributed by atoms with Crippen LogP contribution in [0.25, 0.3) is 0 Å². The first-order valence-corrected chi connectivity index (χ1v) is 11.1. The fraction of sp³-hybridized carbons (Fsp3) is 0.609. The van der Waals surface area contributed by atoms with Gasteiger partial charge >= 0.3 is 6.03 Å². The molecular weight excluding hydrogens is 380 g/mol. The highest BCUT2D eigenvalue weighted by Gasteiger charge is 2.35. The molecule has 1 aliphatic rings. The molecule has 0 aliphatic carbocycles. The number of nitrogens with one attached hydrogen (secondary N) is 2. The minimum Gasteiger partial charge on any atom is -0.340 e. The van der Waals surface area contributed by atoms with E-state index in [9.17, 15) is 14.4 Å². The number of urea groups is 1. The van der Waals surface area contributed by atoms with Gasteiger partial charge in [0.05, 0.1) is 0 Å². The minimum atomic E-state index is -0.583. The summed E-state index contributed by atoms with van der Waals surface area (Å²) >= 11 is 0. The van der Waals surface area contributed by atoms with Crippen LogP contribution in [-0.2, 0) is 4.79 Å². The van der Waals surface area contributed by atoms with Gasteiger partial charge in [-0.3, -0.25) is 9.59 Å². The summed E-state index contributed by atoms with van der Waals surface area (Å²) in [6.45, 7) is 10.1.